The summed E-state index contributed by atoms with van der Waals surface area (Å²) >= 11 is 0. The molecule has 25 heavy (non-hydrogen) atoms. The van der Waals surface area contributed by atoms with Gasteiger partial charge >= 0.3 is 0 Å². The molecular weight excluding hydrogens is 312 g/mol. The smallest absolute Gasteiger partial charge is 0.259 e. The fourth-order valence-electron chi connectivity index (χ4n) is 3.10. The molecule has 0 spiro atoms. The van der Waals surface area contributed by atoms with E-state index in [-0.39, 0.29) is 17.1 Å². The highest BCUT2D eigenvalue weighted by Crippen LogP contribution is 2.30. The number of rotatable bonds is 2. The molecule has 4 nitrogen and oxygen atoms in total. The number of carbonyl (C=O) groups is 1. The molecule has 1 amide bonds. The van der Waals surface area contributed by atoms with Gasteiger partial charge < -0.3 is 15.7 Å². The molecule has 0 saturated heterocycles. The van der Waals surface area contributed by atoms with E-state index in [1.165, 1.54) is 5.56 Å². The van der Waals surface area contributed by atoms with Crippen LogP contribution < -0.4 is 10.6 Å². The minimum absolute atomic E-state index is 0.0111. The maximum absolute atomic E-state index is 12.6. The summed E-state index contributed by atoms with van der Waals surface area (Å²) in [6.45, 7) is 7.37. The summed E-state index contributed by atoms with van der Waals surface area (Å²) in [6.07, 6.45) is 3.10. The molecule has 0 bridgehead atoms. The van der Waals surface area contributed by atoms with Crippen LogP contribution in [0.3, 0.4) is 0 Å². The second kappa shape index (κ2) is 6.79. The van der Waals surface area contributed by atoms with Gasteiger partial charge in [-0.3, -0.25) is 4.79 Å². The van der Waals surface area contributed by atoms with Crippen LogP contribution in [-0.2, 0) is 11.8 Å². The van der Waals surface area contributed by atoms with Gasteiger partial charge in [0, 0.05) is 24.0 Å². The normalized spacial score (nSPS) is 14.2. The number of hydrogen-bond acceptors (Lipinski definition) is 3. The molecule has 132 valence electrons. The third-order valence-corrected chi connectivity index (χ3v) is 4.66. The van der Waals surface area contributed by atoms with Crippen molar-refractivity contribution in [2.24, 2.45) is 0 Å². The zero-order valence-electron chi connectivity index (χ0n) is 15.1. The monoisotopic (exact) mass is 338 g/mol. The first-order chi connectivity index (χ1) is 11.8. The minimum Gasteiger partial charge on any atom is -0.507 e. The molecule has 0 aromatic heterocycles. The summed E-state index contributed by atoms with van der Waals surface area (Å²) in [5.74, 6) is -0.273. The predicted octanol–water partition coefficient (Wildman–Crippen LogP) is 4.69. The van der Waals surface area contributed by atoms with E-state index in [1.807, 2.05) is 30.3 Å². The molecule has 0 unspecified atom stereocenters. The van der Waals surface area contributed by atoms with Gasteiger partial charge in [-0.25, -0.2) is 0 Å². The van der Waals surface area contributed by atoms with Crippen molar-refractivity contribution in [2.45, 2.75) is 45.4 Å². The van der Waals surface area contributed by atoms with Gasteiger partial charge in [0.1, 0.15) is 5.75 Å². The van der Waals surface area contributed by atoms with E-state index < -0.39 is 0 Å². The molecule has 1 heterocycles. The molecule has 0 aliphatic carbocycles. The Kier molecular flexibility index (Phi) is 4.71. The van der Waals surface area contributed by atoms with Crippen molar-refractivity contribution < 1.29 is 9.90 Å². The second-order valence-corrected chi connectivity index (χ2v) is 7.69. The first-order valence-corrected chi connectivity index (χ1v) is 8.86. The van der Waals surface area contributed by atoms with E-state index in [0.717, 1.165) is 42.7 Å². The summed E-state index contributed by atoms with van der Waals surface area (Å²) in [7, 11) is 0. The summed E-state index contributed by atoms with van der Waals surface area (Å²) in [4.78, 5) is 12.6. The van der Waals surface area contributed by atoms with Gasteiger partial charge in [-0.15, -0.1) is 0 Å². The molecule has 3 rings (SSSR count). The Morgan fingerprint density at radius 3 is 2.52 bits per heavy atom. The van der Waals surface area contributed by atoms with Crippen molar-refractivity contribution in [1.29, 1.82) is 0 Å². The molecule has 2 aromatic rings. The van der Waals surface area contributed by atoms with Crippen LogP contribution in [-0.4, -0.2) is 17.6 Å². The number of aromatic hydroxyl groups is 1. The SMILES string of the molecule is CC(C)(C)c1ccc(NC(=O)c2cc3c(cc2O)NCCCC3)cc1. The van der Waals surface area contributed by atoms with Crippen LogP contribution in [0.1, 0.15) is 55.1 Å². The molecule has 1 aliphatic rings. The highest BCUT2D eigenvalue weighted by molar-refractivity contribution is 6.06. The lowest BCUT2D eigenvalue weighted by Crippen LogP contribution is -2.14. The lowest BCUT2D eigenvalue weighted by atomic mass is 9.87. The molecule has 0 fully saturated rings. The highest BCUT2D eigenvalue weighted by atomic mass is 16.3. The number of anilines is 2. The Labute approximate surface area is 149 Å². The standard InChI is InChI=1S/C21H26N2O2/c1-21(2,3)15-7-9-16(10-8-15)23-20(25)17-12-14-6-4-5-11-22-18(14)13-19(17)24/h7-10,12-13,22,24H,4-6,11H2,1-3H3,(H,23,25). The first kappa shape index (κ1) is 17.3. The van der Waals surface area contributed by atoms with Gasteiger partial charge in [0.25, 0.3) is 5.91 Å². The van der Waals surface area contributed by atoms with Crippen LogP contribution in [0.4, 0.5) is 11.4 Å². The van der Waals surface area contributed by atoms with Crippen LogP contribution in [0, 0.1) is 0 Å². The lowest BCUT2D eigenvalue weighted by molar-refractivity contribution is 0.102. The second-order valence-electron chi connectivity index (χ2n) is 7.69. The summed E-state index contributed by atoms with van der Waals surface area (Å²) in [6, 6.07) is 11.3. The van der Waals surface area contributed by atoms with E-state index in [9.17, 15) is 9.90 Å². The molecular formula is C21H26N2O2. The molecule has 4 heteroatoms. The predicted molar refractivity (Wildman–Crippen MR) is 103 cm³/mol. The van der Waals surface area contributed by atoms with Crippen LogP contribution >= 0.6 is 0 Å². The minimum atomic E-state index is -0.284. The Morgan fingerprint density at radius 1 is 1.12 bits per heavy atom. The Bertz CT molecular complexity index is 774. The fourth-order valence-corrected chi connectivity index (χ4v) is 3.10. The average molecular weight is 338 g/mol. The number of phenols is 1. The lowest BCUT2D eigenvalue weighted by Gasteiger charge is -2.19. The van der Waals surface area contributed by atoms with Crippen molar-refractivity contribution in [3.63, 3.8) is 0 Å². The van der Waals surface area contributed by atoms with E-state index in [0.29, 0.717) is 5.56 Å². The van der Waals surface area contributed by atoms with Crippen molar-refractivity contribution in [1.82, 2.24) is 0 Å². The van der Waals surface area contributed by atoms with Crippen molar-refractivity contribution >= 4 is 17.3 Å². The van der Waals surface area contributed by atoms with E-state index in [1.54, 1.807) is 6.07 Å². The third kappa shape index (κ3) is 3.95. The van der Waals surface area contributed by atoms with Crippen molar-refractivity contribution in [3.8, 4) is 5.75 Å². The number of phenolic OH excluding ortho intramolecular Hbond substituents is 1. The number of amides is 1. The number of nitrogens with one attached hydrogen (secondary N) is 2. The molecule has 2 aromatic carbocycles. The van der Waals surface area contributed by atoms with Gasteiger partial charge in [-0.1, -0.05) is 32.9 Å². The average Bonchev–Trinajstić information content (AvgIpc) is 2.78. The summed E-state index contributed by atoms with van der Waals surface area (Å²) < 4.78 is 0. The quantitative estimate of drug-likeness (QED) is 0.744. The maximum atomic E-state index is 12.6. The van der Waals surface area contributed by atoms with Crippen LogP contribution in [0.15, 0.2) is 36.4 Å². The number of carbonyl (C=O) groups excluding carboxylic acids is 1. The Hall–Kier alpha value is -2.49. The van der Waals surface area contributed by atoms with E-state index in [4.69, 9.17) is 0 Å². The van der Waals surface area contributed by atoms with Crippen LogP contribution in [0.25, 0.3) is 0 Å². The van der Waals surface area contributed by atoms with Gasteiger partial charge in [0.15, 0.2) is 0 Å². The number of fused-ring (bicyclic) bond motifs is 1. The molecule has 0 atom stereocenters. The largest absolute Gasteiger partial charge is 0.507 e. The topological polar surface area (TPSA) is 61.4 Å². The number of aryl methyl sites for hydroxylation is 1. The Morgan fingerprint density at radius 2 is 1.84 bits per heavy atom. The van der Waals surface area contributed by atoms with E-state index in [2.05, 4.69) is 31.4 Å². The highest BCUT2D eigenvalue weighted by Gasteiger charge is 2.18. The summed E-state index contributed by atoms with van der Waals surface area (Å²) in [5, 5.41) is 16.4. The zero-order valence-corrected chi connectivity index (χ0v) is 15.1. The molecule has 0 saturated carbocycles. The Balaban J connectivity index is 1.80. The zero-order chi connectivity index (χ0) is 18.0. The third-order valence-electron chi connectivity index (χ3n) is 4.66. The molecule has 0 radical (unpaired) electrons. The first-order valence-electron chi connectivity index (χ1n) is 8.86. The number of benzene rings is 2. The molecule has 3 N–H and O–H groups in total. The maximum Gasteiger partial charge on any atom is 0.259 e. The van der Waals surface area contributed by atoms with Gasteiger partial charge in [0.2, 0.25) is 0 Å². The van der Waals surface area contributed by atoms with Crippen LogP contribution in [0.5, 0.6) is 5.75 Å². The fraction of sp³-hybridized carbons (Fsp3) is 0.381. The van der Waals surface area contributed by atoms with Gasteiger partial charge in [-0.05, 0) is 54.0 Å². The van der Waals surface area contributed by atoms with Gasteiger partial charge in [0.05, 0.1) is 5.56 Å². The summed E-state index contributed by atoms with van der Waals surface area (Å²) in [5.41, 5.74) is 4.35. The van der Waals surface area contributed by atoms with Gasteiger partial charge in [-0.2, -0.15) is 0 Å². The number of hydrogen-bond donors (Lipinski definition) is 3. The van der Waals surface area contributed by atoms with E-state index >= 15 is 0 Å². The molecule has 1 aliphatic heterocycles. The van der Waals surface area contributed by atoms with Crippen LogP contribution in [0.2, 0.25) is 0 Å². The van der Waals surface area contributed by atoms with Crippen molar-refractivity contribution in [3.05, 3.63) is 53.1 Å². The van der Waals surface area contributed by atoms with Crippen molar-refractivity contribution in [2.75, 3.05) is 17.2 Å².